The number of benzene rings is 1. The standard InChI is InChI=1S/C18H23FN2O/c1-14-4-9-18(22-14)17(21-10-2-3-11-21)13-20-12-15-5-7-16(19)8-6-15/h4-9,17,20H,2-3,10-13H2,1H3. The van der Waals surface area contributed by atoms with E-state index in [4.69, 9.17) is 4.42 Å². The van der Waals surface area contributed by atoms with Crippen LogP contribution in [0, 0.1) is 12.7 Å². The zero-order valence-corrected chi connectivity index (χ0v) is 13.0. The first-order chi connectivity index (χ1) is 10.7. The van der Waals surface area contributed by atoms with E-state index in [0.717, 1.165) is 43.3 Å². The van der Waals surface area contributed by atoms with Crippen LogP contribution < -0.4 is 5.32 Å². The first-order valence-electron chi connectivity index (χ1n) is 7.98. The van der Waals surface area contributed by atoms with E-state index in [1.807, 2.05) is 25.1 Å². The Labute approximate surface area is 131 Å². The minimum absolute atomic E-state index is 0.190. The highest BCUT2D eigenvalue weighted by Gasteiger charge is 2.25. The minimum atomic E-state index is -0.190. The summed E-state index contributed by atoms with van der Waals surface area (Å²) in [6, 6.07) is 11.0. The highest BCUT2D eigenvalue weighted by Crippen LogP contribution is 2.26. The molecule has 0 amide bonds. The van der Waals surface area contributed by atoms with Gasteiger partial charge in [0, 0.05) is 13.1 Å². The fraction of sp³-hybridized carbons (Fsp3) is 0.444. The molecule has 1 aliphatic heterocycles. The van der Waals surface area contributed by atoms with Crippen molar-refractivity contribution in [3.63, 3.8) is 0 Å². The van der Waals surface area contributed by atoms with Gasteiger partial charge in [-0.05, 0) is 62.7 Å². The van der Waals surface area contributed by atoms with Crippen molar-refractivity contribution in [2.75, 3.05) is 19.6 Å². The Morgan fingerprint density at radius 2 is 1.86 bits per heavy atom. The minimum Gasteiger partial charge on any atom is -0.465 e. The molecule has 1 fully saturated rings. The second-order valence-corrected chi connectivity index (χ2v) is 5.96. The number of halogens is 1. The van der Waals surface area contributed by atoms with Gasteiger partial charge >= 0.3 is 0 Å². The largest absolute Gasteiger partial charge is 0.465 e. The third kappa shape index (κ3) is 3.76. The van der Waals surface area contributed by atoms with Gasteiger partial charge in [-0.3, -0.25) is 4.90 Å². The maximum atomic E-state index is 12.9. The molecule has 4 heteroatoms. The Morgan fingerprint density at radius 3 is 2.50 bits per heavy atom. The lowest BCUT2D eigenvalue weighted by Gasteiger charge is -2.26. The highest BCUT2D eigenvalue weighted by atomic mass is 19.1. The fourth-order valence-electron chi connectivity index (χ4n) is 3.05. The van der Waals surface area contributed by atoms with Crippen LogP contribution in [-0.4, -0.2) is 24.5 Å². The summed E-state index contributed by atoms with van der Waals surface area (Å²) in [5, 5.41) is 3.48. The third-order valence-electron chi connectivity index (χ3n) is 4.25. The van der Waals surface area contributed by atoms with Crippen LogP contribution in [0.1, 0.15) is 36.0 Å². The van der Waals surface area contributed by atoms with Crippen LogP contribution in [0.5, 0.6) is 0 Å². The summed E-state index contributed by atoms with van der Waals surface area (Å²) >= 11 is 0. The molecule has 1 N–H and O–H groups in total. The molecule has 22 heavy (non-hydrogen) atoms. The van der Waals surface area contributed by atoms with E-state index >= 15 is 0 Å². The van der Waals surface area contributed by atoms with Crippen molar-refractivity contribution in [1.82, 2.24) is 10.2 Å². The van der Waals surface area contributed by atoms with E-state index in [0.29, 0.717) is 0 Å². The van der Waals surface area contributed by atoms with Gasteiger partial charge in [-0.25, -0.2) is 4.39 Å². The predicted molar refractivity (Wildman–Crippen MR) is 85.1 cm³/mol. The lowest BCUT2D eigenvalue weighted by molar-refractivity contribution is 0.207. The van der Waals surface area contributed by atoms with Crippen LogP contribution in [0.25, 0.3) is 0 Å². The second-order valence-electron chi connectivity index (χ2n) is 5.96. The van der Waals surface area contributed by atoms with Gasteiger partial charge in [0.15, 0.2) is 0 Å². The fourth-order valence-corrected chi connectivity index (χ4v) is 3.05. The summed E-state index contributed by atoms with van der Waals surface area (Å²) in [5.41, 5.74) is 1.09. The summed E-state index contributed by atoms with van der Waals surface area (Å²) in [6.07, 6.45) is 2.52. The van der Waals surface area contributed by atoms with Gasteiger partial charge in [-0.15, -0.1) is 0 Å². The van der Waals surface area contributed by atoms with Crippen LogP contribution in [0.3, 0.4) is 0 Å². The smallest absolute Gasteiger partial charge is 0.123 e. The molecule has 118 valence electrons. The van der Waals surface area contributed by atoms with E-state index in [1.165, 1.54) is 25.0 Å². The number of likely N-dealkylation sites (tertiary alicyclic amines) is 1. The average molecular weight is 302 g/mol. The second kappa shape index (κ2) is 7.07. The quantitative estimate of drug-likeness (QED) is 0.883. The first kappa shape index (κ1) is 15.3. The van der Waals surface area contributed by atoms with Gasteiger partial charge in [-0.1, -0.05) is 12.1 Å². The summed E-state index contributed by atoms with van der Waals surface area (Å²) in [4.78, 5) is 2.48. The Morgan fingerprint density at radius 1 is 1.14 bits per heavy atom. The number of aryl methyl sites for hydroxylation is 1. The van der Waals surface area contributed by atoms with Crippen molar-refractivity contribution in [2.45, 2.75) is 32.4 Å². The Bertz CT molecular complexity index is 587. The maximum absolute atomic E-state index is 12.9. The molecule has 3 nitrogen and oxygen atoms in total. The predicted octanol–water partition coefficient (Wildman–Crippen LogP) is 3.65. The summed E-state index contributed by atoms with van der Waals surface area (Å²) in [5.74, 6) is 1.80. The van der Waals surface area contributed by atoms with E-state index in [9.17, 15) is 4.39 Å². The molecule has 2 heterocycles. The number of hydrogen-bond donors (Lipinski definition) is 1. The maximum Gasteiger partial charge on any atom is 0.123 e. The number of hydrogen-bond acceptors (Lipinski definition) is 3. The molecule has 1 saturated heterocycles. The molecular formula is C18H23FN2O. The molecule has 0 bridgehead atoms. The van der Waals surface area contributed by atoms with Gasteiger partial charge in [0.05, 0.1) is 6.04 Å². The zero-order valence-electron chi connectivity index (χ0n) is 13.0. The number of furan rings is 1. The molecule has 2 aromatic rings. The van der Waals surface area contributed by atoms with Crippen LogP contribution in [-0.2, 0) is 6.54 Å². The molecule has 1 aliphatic rings. The topological polar surface area (TPSA) is 28.4 Å². The molecule has 0 saturated carbocycles. The van der Waals surface area contributed by atoms with Gasteiger partial charge in [-0.2, -0.15) is 0 Å². The van der Waals surface area contributed by atoms with Crippen molar-refractivity contribution in [3.8, 4) is 0 Å². The van der Waals surface area contributed by atoms with Crippen LogP contribution in [0.4, 0.5) is 4.39 Å². The first-order valence-corrected chi connectivity index (χ1v) is 7.98. The molecule has 1 atom stereocenters. The van der Waals surface area contributed by atoms with Gasteiger partial charge in [0.25, 0.3) is 0 Å². The highest BCUT2D eigenvalue weighted by molar-refractivity contribution is 5.16. The molecule has 3 rings (SSSR count). The normalized spacial score (nSPS) is 17.0. The number of nitrogens with one attached hydrogen (secondary N) is 1. The molecule has 0 aliphatic carbocycles. The van der Waals surface area contributed by atoms with Crippen LogP contribution in [0.15, 0.2) is 40.8 Å². The average Bonchev–Trinajstić information content (AvgIpc) is 3.17. The summed E-state index contributed by atoms with van der Waals surface area (Å²) < 4.78 is 18.8. The van der Waals surface area contributed by atoms with Crippen molar-refractivity contribution in [3.05, 3.63) is 59.3 Å². The zero-order chi connectivity index (χ0) is 15.4. The molecule has 1 aromatic heterocycles. The van der Waals surface area contributed by atoms with E-state index in [-0.39, 0.29) is 11.9 Å². The van der Waals surface area contributed by atoms with Crippen molar-refractivity contribution in [1.29, 1.82) is 0 Å². The van der Waals surface area contributed by atoms with Gasteiger partial charge in [0.1, 0.15) is 17.3 Å². The SMILES string of the molecule is Cc1ccc(C(CNCc2ccc(F)cc2)N2CCCC2)o1. The Hall–Kier alpha value is -1.65. The van der Waals surface area contributed by atoms with Crippen molar-refractivity contribution >= 4 is 0 Å². The van der Waals surface area contributed by atoms with E-state index < -0.39 is 0 Å². The lowest BCUT2D eigenvalue weighted by Crippen LogP contribution is -2.33. The van der Waals surface area contributed by atoms with Crippen molar-refractivity contribution < 1.29 is 8.81 Å². The Kier molecular flexibility index (Phi) is 4.90. The van der Waals surface area contributed by atoms with E-state index in [2.05, 4.69) is 16.3 Å². The third-order valence-corrected chi connectivity index (χ3v) is 4.25. The van der Waals surface area contributed by atoms with Crippen LogP contribution in [0.2, 0.25) is 0 Å². The molecule has 1 aromatic carbocycles. The van der Waals surface area contributed by atoms with Crippen LogP contribution >= 0.6 is 0 Å². The van der Waals surface area contributed by atoms with E-state index in [1.54, 1.807) is 0 Å². The molecule has 0 spiro atoms. The van der Waals surface area contributed by atoms with Gasteiger partial charge < -0.3 is 9.73 Å². The monoisotopic (exact) mass is 302 g/mol. The number of nitrogens with zero attached hydrogens (tertiary/aromatic N) is 1. The molecule has 1 unspecified atom stereocenters. The summed E-state index contributed by atoms with van der Waals surface area (Å²) in [6.45, 7) is 5.82. The lowest BCUT2D eigenvalue weighted by atomic mass is 10.1. The molecular weight excluding hydrogens is 279 g/mol. The number of rotatable bonds is 6. The van der Waals surface area contributed by atoms with Crippen molar-refractivity contribution in [2.24, 2.45) is 0 Å². The summed E-state index contributed by atoms with van der Waals surface area (Å²) in [7, 11) is 0. The Balaban J connectivity index is 1.61. The molecule has 0 radical (unpaired) electrons. The van der Waals surface area contributed by atoms with Gasteiger partial charge in [0.2, 0.25) is 0 Å².